The van der Waals surface area contributed by atoms with Gasteiger partial charge in [-0.25, -0.2) is 14.8 Å². The molecule has 0 aliphatic carbocycles. The van der Waals surface area contributed by atoms with Gasteiger partial charge in [-0.15, -0.1) is 0 Å². The van der Waals surface area contributed by atoms with Gasteiger partial charge in [-0.05, 0) is 55.9 Å². The van der Waals surface area contributed by atoms with E-state index in [1.807, 2.05) is 18.2 Å². The van der Waals surface area contributed by atoms with E-state index in [9.17, 15) is 4.79 Å². The van der Waals surface area contributed by atoms with Gasteiger partial charge in [0.25, 0.3) is 0 Å². The van der Waals surface area contributed by atoms with Crippen molar-refractivity contribution in [3.8, 4) is 0 Å². The quantitative estimate of drug-likeness (QED) is 0.722. The van der Waals surface area contributed by atoms with Gasteiger partial charge in [0.05, 0.1) is 0 Å². The van der Waals surface area contributed by atoms with Crippen molar-refractivity contribution in [1.29, 1.82) is 0 Å². The molecule has 0 aromatic carbocycles. The molecule has 26 heavy (non-hydrogen) atoms. The van der Waals surface area contributed by atoms with Crippen molar-refractivity contribution in [3.63, 3.8) is 0 Å². The van der Waals surface area contributed by atoms with Gasteiger partial charge >= 0.3 is 6.09 Å². The third kappa shape index (κ3) is 4.38. The Morgan fingerprint density at radius 3 is 3.12 bits per heavy atom. The van der Waals surface area contributed by atoms with Crippen molar-refractivity contribution in [3.05, 3.63) is 42.2 Å². The summed E-state index contributed by atoms with van der Waals surface area (Å²) in [5, 5.41) is 10.1. The van der Waals surface area contributed by atoms with Gasteiger partial charge in [-0.2, -0.15) is 0 Å². The zero-order valence-electron chi connectivity index (χ0n) is 14.9. The van der Waals surface area contributed by atoms with E-state index < -0.39 is 6.09 Å². The number of pyridine rings is 2. The second kappa shape index (κ2) is 8.76. The summed E-state index contributed by atoms with van der Waals surface area (Å²) in [7, 11) is 0. The fraction of sp³-hybridized carbons (Fsp3) is 0.450. The van der Waals surface area contributed by atoms with Gasteiger partial charge < -0.3 is 9.84 Å². The number of aromatic nitrogens is 2. The molecule has 138 valence electrons. The van der Waals surface area contributed by atoms with Crippen LogP contribution in [0.1, 0.15) is 43.4 Å². The highest BCUT2D eigenvalue weighted by Crippen LogP contribution is 2.20. The maximum atomic E-state index is 11.1. The molecule has 3 rings (SSSR count). The van der Waals surface area contributed by atoms with Crippen molar-refractivity contribution < 1.29 is 14.6 Å². The van der Waals surface area contributed by atoms with E-state index >= 15 is 0 Å². The Kier molecular flexibility index (Phi) is 6.17. The van der Waals surface area contributed by atoms with E-state index in [1.165, 1.54) is 4.90 Å². The number of ether oxygens (including phenoxy) is 1. The number of unbranched alkanes of at least 4 members (excludes halogenated alkanes) is 2. The number of hydrogen-bond acceptors (Lipinski definition) is 4. The van der Waals surface area contributed by atoms with Crippen LogP contribution in [0.4, 0.5) is 4.79 Å². The SMILES string of the molecule is C=Cc1cc(CCCCCOC2CCCN2C(=O)O)nc2ncccc12. The molecule has 1 aliphatic heterocycles. The third-order valence-corrected chi connectivity index (χ3v) is 4.72. The number of likely N-dealkylation sites (tertiary alicyclic amines) is 1. The molecular weight excluding hydrogens is 330 g/mol. The summed E-state index contributed by atoms with van der Waals surface area (Å²) in [5.41, 5.74) is 2.86. The first-order valence-electron chi connectivity index (χ1n) is 9.17. The van der Waals surface area contributed by atoms with Crippen molar-refractivity contribution in [2.75, 3.05) is 13.2 Å². The van der Waals surface area contributed by atoms with Crippen LogP contribution in [0.2, 0.25) is 0 Å². The Labute approximate surface area is 153 Å². The lowest BCUT2D eigenvalue weighted by Crippen LogP contribution is -2.36. The lowest BCUT2D eigenvalue weighted by atomic mass is 10.1. The number of aryl methyl sites for hydroxylation is 1. The molecule has 1 amide bonds. The van der Waals surface area contributed by atoms with Crippen molar-refractivity contribution in [2.45, 2.75) is 44.8 Å². The number of fused-ring (bicyclic) bond motifs is 1. The molecule has 1 atom stereocenters. The minimum atomic E-state index is -0.887. The van der Waals surface area contributed by atoms with Crippen LogP contribution in [0.15, 0.2) is 31.0 Å². The highest BCUT2D eigenvalue weighted by Gasteiger charge is 2.28. The highest BCUT2D eigenvalue weighted by atomic mass is 16.5. The van der Waals surface area contributed by atoms with E-state index in [2.05, 4.69) is 22.6 Å². The largest absolute Gasteiger partial charge is 0.465 e. The standard InChI is InChI=1S/C20H25N3O3/c1-2-15-14-16(22-19-17(15)9-6-11-21-19)8-4-3-5-13-26-18-10-7-12-23(18)20(24)25/h2,6,9,11,14,18H,1,3-5,7-8,10,12-13H2,(H,24,25). The molecule has 1 fully saturated rings. The normalized spacial score (nSPS) is 16.9. The first-order valence-corrected chi connectivity index (χ1v) is 9.17. The van der Waals surface area contributed by atoms with Gasteiger partial charge in [0.15, 0.2) is 5.65 Å². The molecule has 2 aromatic rings. The highest BCUT2D eigenvalue weighted by molar-refractivity contribution is 5.84. The number of hydrogen-bond donors (Lipinski definition) is 1. The van der Waals surface area contributed by atoms with Crippen molar-refractivity contribution >= 4 is 23.2 Å². The van der Waals surface area contributed by atoms with Crippen LogP contribution in [0.3, 0.4) is 0 Å². The maximum Gasteiger partial charge on any atom is 0.409 e. The minimum absolute atomic E-state index is 0.268. The smallest absolute Gasteiger partial charge is 0.409 e. The van der Waals surface area contributed by atoms with Crippen LogP contribution in [0.5, 0.6) is 0 Å². The minimum Gasteiger partial charge on any atom is -0.465 e. The van der Waals surface area contributed by atoms with Gasteiger partial charge in [0.1, 0.15) is 6.23 Å². The predicted octanol–water partition coefficient (Wildman–Crippen LogP) is 4.10. The molecule has 1 aliphatic rings. The summed E-state index contributed by atoms with van der Waals surface area (Å²) in [6.07, 6.45) is 7.96. The summed E-state index contributed by atoms with van der Waals surface area (Å²) in [6.45, 7) is 5.05. The molecule has 0 spiro atoms. The maximum absolute atomic E-state index is 11.1. The Balaban J connectivity index is 1.43. The fourth-order valence-electron chi connectivity index (χ4n) is 3.37. The number of amides is 1. The molecule has 0 bridgehead atoms. The van der Waals surface area contributed by atoms with Crippen molar-refractivity contribution in [2.24, 2.45) is 0 Å². The number of nitrogens with zero attached hydrogens (tertiary/aromatic N) is 3. The summed E-state index contributed by atoms with van der Waals surface area (Å²) < 4.78 is 5.73. The van der Waals surface area contributed by atoms with Crippen LogP contribution in [0.25, 0.3) is 17.1 Å². The molecule has 2 aromatic heterocycles. The Hall–Kier alpha value is -2.47. The lowest BCUT2D eigenvalue weighted by molar-refractivity contribution is -0.0269. The molecule has 1 N–H and O–H groups in total. The van der Waals surface area contributed by atoms with E-state index in [0.29, 0.717) is 13.2 Å². The lowest BCUT2D eigenvalue weighted by Gasteiger charge is -2.21. The molecule has 1 unspecified atom stereocenters. The molecule has 0 saturated carbocycles. The van der Waals surface area contributed by atoms with Gasteiger partial charge in [-0.1, -0.05) is 19.1 Å². The Morgan fingerprint density at radius 1 is 1.42 bits per heavy atom. The van der Waals surface area contributed by atoms with E-state index in [-0.39, 0.29) is 6.23 Å². The van der Waals surface area contributed by atoms with Gasteiger partial charge in [0.2, 0.25) is 0 Å². The second-order valence-corrected chi connectivity index (χ2v) is 6.54. The first kappa shape index (κ1) is 18.3. The zero-order chi connectivity index (χ0) is 18.4. The predicted molar refractivity (Wildman–Crippen MR) is 101 cm³/mol. The van der Waals surface area contributed by atoms with Crippen molar-refractivity contribution in [1.82, 2.24) is 14.9 Å². The van der Waals surface area contributed by atoms with Crippen LogP contribution < -0.4 is 0 Å². The Morgan fingerprint density at radius 2 is 2.31 bits per heavy atom. The number of rotatable bonds is 8. The zero-order valence-corrected chi connectivity index (χ0v) is 14.9. The van der Waals surface area contributed by atoms with Gasteiger partial charge in [0, 0.05) is 30.4 Å². The average molecular weight is 355 g/mol. The monoisotopic (exact) mass is 355 g/mol. The molecule has 6 nitrogen and oxygen atoms in total. The van der Waals surface area contributed by atoms with Gasteiger partial charge in [-0.3, -0.25) is 4.90 Å². The molecular formula is C20H25N3O3. The molecule has 0 radical (unpaired) electrons. The molecule has 6 heteroatoms. The number of carbonyl (C=O) groups is 1. The topological polar surface area (TPSA) is 75.5 Å². The van der Waals surface area contributed by atoms with Crippen LogP contribution in [0, 0.1) is 0 Å². The summed E-state index contributed by atoms with van der Waals surface area (Å²) in [6, 6.07) is 6.00. The summed E-state index contributed by atoms with van der Waals surface area (Å²) in [5.74, 6) is 0. The van der Waals surface area contributed by atoms with Crippen LogP contribution in [-0.4, -0.2) is 45.4 Å². The van der Waals surface area contributed by atoms with E-state index in [4.69, 9.17) is 9.84 Å². The summed E-state index contributed by atoms with van der Waals surface area (Å²) >= 11 is 0. The number of carboxylic acid groups (broad SMARTS) is 1. The first-order chi connectivity index (χ1) is 12.7. The van der Waals surface area contributed by atoms with E-state index in [1.54, 1.807) is 6.20 Å². The fourth-order valence-corrected chi connectivity index (χ4v) is 3.37. The molecule has 3 heterocycles. The van der Waals surface area contributed by atoms with Crippen LogP contribution >= 0.6 is 0 Å². The molecule has 1 saturated heterocycles. The van der Waals surface area contributed by atoms with Crippen LogP contribution in [-0.2, 0) is 11.2 Å². The van der Waals surface area contributed by atoms with E-state index in [0.717, 1.165) is 60.8 Å². The summed E-state index contributed by atoms with van der Waals surface area (Å²) in [4.78, 5) is 21.4. The Bertz CT molecular complexity index is 778. The second-order valence-electron chi connectivity index (χ2n) is 6.54. The average Bonchev–Trinajstić information content (AvgIpc) is 3.12. The third-order valence-electron chi connectivity index (χ3n) is 4.72.